The number of aliphatic hydroxyl groups is 5. The molecule has 0 aromatic carbocycles. The van der Waals surface area contributed by atoms with Gasteiger partial charge in [-0.2, -0.15) is 0 Å². The molecule has 1 rings (SSSR count). The number of unbranched alkanes of at least 4 members (excludes halogenated alkanes) is 24. The summed E-state index contributed by atoms with van der Waals surface area (Å²) >= 11 is 0. The Morgan fingerprint density at radius 3 is 1.32 bits per heavy atom. The SMILES string of the molecule is CCCCCCCCCCC[C@@H](O)CC(=O)N[C@H]1[C@@H](OC(=O)CC[C@@H](NC(=O)C[C@H](O)CCCCCCCCCCC)C(=O)O)O[C@H](CO)[C@@H](O)[C@@H]1OC(=O)C[C@H](O)CCCCCCCCCCC. The molecule has 16 heteroatoms. The number of aliphatic hydroxyl groups excluding tert-OH is 5. The van der Waals surface area contributed by atoms with E-state index in [0.29, 0.717) is 32.1 Å². The number of ether oxygens (including phenoxy) is 3. The number of carbonyl (C=O) groups excluding carboxylic acids is 4. The van der Waals surface area contributed by atoms with Crippen molar-refractivity contribution in [1.29, 1.82) is 0 Å². The van der Waals surface area contributed by atoms with Gasteiger partial charge in [0.05, 0.1) is 44.2 Å². The molecular formula is C53H98N2O14. The van der Waals surface area contributed by atoms with Crippen molar-refractivity contribution in [2.24, 2.45) is 0 Å². The van der Waals surface area contributed by atoms with Crippen LogP contribution in [0.15, 0.2) is 0 Å². The van der Waals surface area contributed by atoms with E-state index in [0.717, 1.165) is 77.0 Å². The highest BCUT2D eigenvalue weighted by Crippen LogP contribution is 2.27. The fourth-order valence-corrected chi connectivity index (χ4v) is 8.87. The van der Waals surface area contributed by atoms with Crippen LogP contribution in [0.5, 0.6) is 0 Å². The Kier molecular flexibility index (Phi) is 38.8. The smallest absolute Gasteiger partial charge is 0.326 e. The summed E-state index contributed by atoms with van der Waals surface area (Å²) in [6.07, 6.45) is 18.8. The largest absolute Gasteiger partial charge is 0.480 e. The zero-order valence-corrected chi connectivity index (χ0v) is 43.1. The second-order valence-electron chi connectivity index (χ2n) is 19.7. The molecule has 1 heterocycles. The van der Waals surface area contributed by atoms with Gasteiger partial charge in [-0.15, -0.1) is 0 Å². The van der Waals surface area contributed by atoms with Crippen LogP contribution >= 0.6 is 0 Å². The summed E-state index contributed by atoms with van der Waals surface area (Å²) in [6.45, 7) is 5.73. The molecular weight excluding hydrogens is 889 g/mol. The molecule has 1 aliphatic heterocycles. The highest BCUT2D eigenvalue weighted by Gasteiger charge is 2.50. The summed E-state index contributed by atoms with van der Waals surface area (Å²) in [5.74, 6) is -4.76. The molecule has 404 valence electrons. The van der Waals surface area contributed by atoms with E-state index < -0.39 is 111 Å². The van der Waals surface area contributed by atoms with Gasteiger partial charge in [-0.25, -0.2) is 4.79 Å². The molecule has 0 aromatic rings. The first kappa shape index (κ1) is 64.1. The first-order valence-corrected chi connectivity index (χ1v) is 27.4. The number of hydrogen-bond donors (Lipinski definition) is 8. The molecule has 0 aliphatic carbocycles. The number of carboxylic acids is 1. The van der Waals surface area contributed by atoms with E-state index in [9.17, 15) is 54.6 Å². The molecule has 0 saturated carbocycles. The van der Waals surface area contributed by atoms with Crippen LogP contribution in [0, 0.1) is 0 Å². The minimum atomic E-state index is -1.75. The van der Waals surface area contributed by atoms with Crippen molar-refractivity contribution in [2.45, 2.75) is 300 Å². The summed E-state index contributed by atoms with van der Waals surface area (Å²) < 4.78 is 17.0. The van der Waals surface area contributed by atoms with Gasteiger partial charge in [-0.1, -0.05) is 194 Å². The van der Waals surface area contributed by atoms with Crippen LogP contribution in [0.2, 0.25) is 0 Å². The summed E-state index contributed by atoms with van der Waals surface area (Å²) in [7, 11) is 0. The number of aliphatic carboxylic acids is 1. The summed E-state index contributed by atoms with van der Waals surface area (Å²) in [6, 6.07) is -3.05. The zero-order chi connectivity index (χ0) is 51.1. The van der Waals surface area contributed by atoms with Crippen LogP contribution < -0.4 is 10.6 Å². The molecule has 0 aromatic heterocycles. The first-order valence-electron chi connectivity index (χ1n) is 27.4. The van der Waals surface area contributed by atoms with E-state index in [-0.39, 0.29) is 12.8 Å². The van der Waals surface area contributed by atoms with Crippen molar-refractivity contribution in [2.75, 3.05) is 6.61 Å². The quantitative estimate of drug-likeness (QED) is 0.0211. The Morgan fingerprint density at radius 1 is 0.522 bits per heavy atom. The van der Waals surface area contributed by atoms with Gasteiger partial charge < -0.3 is 55.5 Å². The van der Waals surface area contributed by atoms with Crippen LogP contribution in [0.1, 0.15) is 245 Å². The molecule has 1 fully saturated rings. The second kappa shape index (κ2) is 41.7. The van der Waals surface area contributed by atoms with E-state index in [2.05, 4.69) is 31.4 Å². The average Bonchev–Trinajstić information content (AvgIpc) is 3.30. The predicted octanol–water partition coefficient (Wildman–Crippen LogP) is 8.37. The highest BCUT2D eigenvalue weighted by atomic mass is 16.7. The maximum atomic E-state index is 13.4. The molecule has 0 unspecified atom stereocenters. The Morgan fingerprint density at radius 2 is 0.913 bits per heavy atom. The number of amides is 2. The van der Waals surface area contributed by atoms with Gasteiger partial charge in [0.2, 0.25) is 18.1 Å². The van der Waals surface area contributed by atoms with Crippen molar-refractivity contribution < 1.29 is 68.8 Å². The topological polar surface area (TPSA) is 258 Å². The van der Waals surface area contributed by atoms with E-state index in [1.807, 2.05) is 0 Å². The minimum absolute atomic E-state index is 0.308. The number of nitrogens with one attached hydrogen (secondary N) is 2. The number of rotatable bonds is 45. The van der Waals surface area contributed by atoms with Gasteiger partial charge in [0.25, 0.3) is 0 Å². The second-order valence-corrected chi connectivity index (χ2v) is 19.7. The third-order valence-electron chi connectivity index (χ3n) is 13.1. The number of carboxylic acid groups (broad SMARTS) is 1. The maximum Gasteiger partial charge on any atom is 0.326 e. The number of hydrogen-bond acceptors (Lipinski definition) is 13. The third kappa shape index (κ3) is 32.7. The molecule has 0 radical (unpaired) electrons. The monoisotopic (exact) mass is 987 g/mol. The van der Waals surface area contributed by atoms with Gasteiger partial charge in [0.15, 0.2) is 6.10 Å². The number of carbonyl (C=O) groups is 5. The van der Waals surface area contributed by atoms with E-state index in [4.69, 9.17) is 14.2 Å². The fourth-order valence-electron chi connectivity index (χ4n) is 8.87. The summed E-state index contributed by atoms with van der Waals surface area (Å²) in [5, 5.41) is 68.2. The zero-order valence-electron chi connectivity index (χ0n) is 43.1. The van der Waals surface area contributed by atoms with Crippen LogP contribution in [0.4, 0.5) is 0 Å². The van der Waals surface area contributed by atoms with Crippen molar-refractivity contribution in [3.8, 4) is 0 Å². The van der Waals surface area contributed by atoms with Gasteiger partial charge in [0, 0.05) is 6.42 Å². The predicted molar refractivity (Wildman–Crippen MR) is 266 cm³/mol. The summed E-state index contributed by atoms with van der Waals surface area (Å²) in [5.41, 5.74) is 0. The van der Waals surface area contributed by atoms with Gasteiger partial charge in [-0.3, -0.25) is 19.2 Å². The van der Waals surface area contributed by atoms with E-state index >= 15 is 0 Å². The van der Waals surface area contributed by atoms with Crippen molar-refractivity contribution in [1.82, 2.24) is 10.6 Å². The highest BCUT2D eigenvalue weighted by molar-refractivity contribution is 5.84. The average molecular weight is 987 g/mol. The lowest BCUT2D eigenvalue weighted by molar-refractivity contribution is -0.267. The van der Waals surface area contributed by atoms with Gasteiger partial charge >= 0.3 is 17.9 Å². The molecule has 0 spiro atoms. The lowest BCUT2D eigenvalue weighted by atomic mass is 9.96. The van der Waals surface area contributed by atoms with Crippen LogP contribution in [-0.2, 0) is 38.2 Å². The minimum Gasteiger partial charge on any atom is -0.480 e. The molecule has 16 nitrogen and oxygen atoms in total. The molecule has 9 atom stereocenters. The first-order chi connectivity index (χ1) is 33.3. The van der Waals surface area contributed by atoms with Crippen LogP contribution in [0.3, 0.4) is 0 Å². The lowest BCUT2D eigenvalue weighted by Crippen LogP contribution is -2.66. The molecule has 69 heavy (non-hydrogen) atoms. The molecule has 1 aliphatic rings. The molecule has 0 bridgehead atoms. The van der Waals surface area contributed by atoms with Crippen LogP contribution in [-0.4, -0.2) is 122 Å². The van der Waals surface area contributed by atoms with Crippen molar-refractivity contribution in [3.63, 3.8) is 0 Å². The van der Waals surface area contributed by atoms with Gasteiger partial charge in [-0.05, 0) is 25.7 Å². The molecule has 2 amide bonds. The van der Waals surface area contributed by atoms with Gasteiger partial charge in [0.1, 0.15) is 24.3 Å². The Balaban J connectivity index is 2.94. The molecule has 8 N–H and O–H groups in total. The summed E-state index contributed by atoms with van der Waals surface area (Å²) in [4.78, 5) is 64.9. The van der Waals surface area contributed by atoms with E-state index in [1.54, 1.807) is 0 Å². The lowest BCUT2D eigenvalue weighted by Gasteiger charge is -2.43. The third-order valence-corrected chi connectivity index (χ3v) is 13.1. The molecule has 1 saturated heterocycles. The number of esters is 2. The maximum absolute atomic E-state index is 13.4. The normalized spacial score (nSPS) is 19.9. The Hall–Kier alpha value is -2.89. The van der Waals surface area contributed by atoms with Crippen LogP contribution in [0.25, 0.3) is 0 Å². The van der Waals surface area contributed by atoms with E-state index in [1.165, 1.54) is 83.5 Å². The van der Waals surface area contributed by atoms with Crippen molar-refractivity contribution >= 4 is 29.7 Å². The Labute approximate surface area is 415 Å². The Bertz CT molecular complexity index is 1340. The van der Waals surface area contributed by atoms with Crippen molar-refractivity contribution in [3.05, 3.63) is 0 Å². The fraction of sp³-hybridized carbons (Fsp3) is 0.906. The standard InChI is InChI=1S/C53H98N2O14/c1-4-7-10-13-16-19-22-25-28-31-40(57)36-45(60)54-43(52(65)66)34-35-47(62)69-53-49(55-46(61)37-41(58)32-29-26-23-20-17-14-11-8-5-2)51(50(64)44(39-56)67-53)68-48(63)38-42(59)33-30-27-24-21-18-15-12-9-6-3/h40-44,49-51,53,56-59,64H,4-39H2,1-3H3,(H,54,60)(H,55,61)(H,65,66)/t40-,41-,42-,43-,44-,49-,50-,51-,53-/m1/s1.